The maximum absolute atomic E-state index is 13.1. The molecule has 1 aromatic heterocycles. The van der Waals surface area contributed by atoms with E-state index in [1.807, 2.05) is 37.3 Å². The van der Waals surface area contributed by atoms with Crippen molar-refractivity contribution in [3.05, 3.63) is 77.2 Å². The fourth-order valence-electron chi connectivity index (χ4n) is 3.54. The molecule has 0 N–H and O–H groups in total. The van der Waals surface area contributed by atoms with Crippen LogP contribution in [0.1, 0.15) is 27.4 Å². The largest absolute Gasteiger partial charge is 0.489 e. The molecular formula is C23H25N3O5S. The van der Waals surface area contributed by atoms with Gasteiger partial charge in [-0.2, -0.15) is 4.31 Å². The molecule has 1 fully saturated rings. The van der Waals surface area contributed by atoms with Gasteiger partial charge in [0.05, 0.1) is 10.5 Å². The van der Waals surface area contributed by atoms with Crippen LogP contribution in [0.25, 0.3) is 0 Å². The topological polar surface area (TPSA) is 93.0 Å². The Labute approximate surface area is 187 Å². The number of ether oxygens (including phenoxy) is 1. The minimum Gasteiger partial charge on any atom is -0.489 e. The average Bonchev–Trinajstić information content (AvgIpc) is 3.18. The lowest BCUT2D eigenvalue weighted by atomic mass is 10.1. The van der Waals surface area contributed by atoms with Crippen LogP contribution in [-0.2, 0) is 16.6 Å². The second-order valence-corrected chi connectivity index (χ2v) is 9.61. The Morgan fingerprint density at radius 1 is 1.00 bits per heavy atom. The van der Waals surface area contributed by atoms with E-state index >= 15 is 0 Å². The monoisotopic (exact) mass is 455 g/mol. The van der Waals surface area contributed by atoms with Crippen LogP contribution in [0.15, 0.2) is 64.0 Å². The maximum Gasteiger partial charge on any atom is 0.276 e. The molecule has 1 aliphatic heterocycles. The van der Waals surface area contributed by atoms with Gasteiger partial charge in [0.25, 0.3) is 5.91 Å². The molecule has 0 unspecified atom stereocenters. The van der Waals surface area contributed by atoms with E-state index in [1.165, 1.54) is 4.31 Å². The summed E-state index contributed by atoms with van der Waals surface area (Å²) in [6.07, 6.45) is 0. The molecule has 2 heterocycles. The van der Waals surface area contributed by atoms with Crippen LogP contribution < -0.4 is 4.74 Å². The summed E-state index contributed by atoms with van der Waals surface area (Å²) in [4.78, 5) is 15.0. The second-order valence-electron chi connectivity index (χ2n) is 7.68. The van der Waals surface area contributed by atoms with Crippen LogP contribution in [-0.4, -0.2) is 54.9 Å². The molecule has 0 radical (unpaired) electrons. The van der Waals surface area contributed by atoms with Crippen molar-refractivity contribution in [3.8, 4) is 5.75 Å². The van der Waals surface area contributed by atoms with E-state index in [4.69, 9.17) is 9.26 Å². The molecule has 1 aliphatic rings. The Balaban J connectivity index is 1.42. The van der Waals surface area contributed by atoms with Gasteiger partial charge < -0.3 is 14.2 Å². The van der Waals surface area contributed by atoms with Crippen LogP contribution >= 0.6 is 0 Å². The second kappa shape index (κ2) is 9.13. The Morgan fingerprint density at radius 2 is 1.66 bits per heavy atom. The van der Waals surface area contributed by atoms with Gasteiger partial charge in [0, 0.05) is 26.2 Å². The number of carbonyl (C=O) groups is 1. The van der Waals surface area contributed by atoms with E-state index in [9.17, 15) is 13.2 Å². The summed E-state index contributed by atoms with van der Waals surface area (Å²) in [5, 5.41) is 3.95. The molecule has 2 aromatic carbocycles. The molecular weight excluding hydrogens is 430 g/mol. The van der Waals surface area contributed by atoms with Gasteiger partial charge in [0.1, 0.15) is 18.1 Å². The molecule has 0 atom stereocenters. The summed E-state index contributed by atoms with van der Waals surface area (Å²) in [6, 6.07) is 16.1. The molecule has 8 nitrogen and oxygen atoms in total. The number of hydrogen-bond acceptors (Lipinski definition) is 6. The average molecular weight is 456 g/mol. The highest BCUT2D eigenvalue weighted by molar-refractivity contribution is 7.89. The highest BCUT2D eigenvalue weighted by Gasteiger charge is 2.32. The van der Waals surface area contributed by atoms with Crippen molar-refractivity contribution >= 4 is 15.9 Å². The van der Waals surface area contributed by atoms with Crippen molar-refractivity contribution < 1.29 is 22.5 Å². The number of aromatic nitrogens is 1. The summed E-state index contributed by atoms with van der Waals surface area (Å²) < 4.78 is 38.2. The standard InChI is InChI=1S/C23H25N3O5S/c1-17-8-10-20(11-9-17)32(28,29)26-14-12-25(13-15-26)23(27)22-21(18(2)31-24-22)16-30-19-6-4-3-5-7-19/h3-11H,12-16H2,1-2H3. The molecule has 4 rings (SSSR count). The van der Waals surface area contributed by atoms with Crippen LogP contribution in [0.2, 0.25) is 0 Å². The quantitative estimate of drug-likeness (QED) is 0.567. The number of hydrogen-bond donors (Lipinski definition) is 0. The lowest BCUT2D eigenvalue weighted by Crippen LogP contribution is -2.50. The normalized spacial score (nSPS) is 15.0. The number of piperazine rings is 1. The number of amides is 1. The molecule has 0 aliphatic carbocycles. The van der Waals surface area contributed by atoms with Crippen molar-refractivity contribution in [2.75, 3.05) is 26.2 Å². The van der Waals surface area contributed by atoms with Crippen molar-refractivity contribution in [2.45, 2.75) is 25.3 Å². The third-order valence-electron chi connectivity index (χ3n) is 5.50. The summed E-state index contributed by atoms with van der Waals surface area (Å²) in [5.41, 5.74) is 1.79. The van der Waals surface area contributed by atoms with Crippen molar-refractivity contribution in [3.63, 3.8) is 0 Å². The molecule has 0 saturated carbocycles. The number of carbonyl (C=O) groups excluding carboxylic acids is 1. The van der Waals surface area contributed by atoms with Gasteiger partial charge in [-0.25, -0.2) is 8.42 Å². The Bertz CT molecular complexity index is 1180. The first-order chi connectivity index (χ1) is 15.4. The smallest absolute Gasteiger partial charge is 0.276 e. The van der Waals surface area contributed by atoms with Gasteiger partial charge in [0.15, 0.2) is 5.69 Å². The van der Waals surface area contributed by atoms with E-state index in [2.05, 4.69) is 5.16 Å². The molecule has 0 bridgehead atoms. The number of aryl methyl sites for hydroxylation is 2. The van der Waals surface area contributed by atoms with Gasteiger partial charge in [-0.05, 0) is 38.1 Å². The third kappa shape index (κ3) is 4.53. The molecule has 3 aromatic rings. The van der Waals surface area contributed by atoms with E-state index < -0.39 is 10.0 Å². The number of benzene rings is 2. The SMILES string of the molecule is Cc1ccc(S(=O)(=O)N2CCN(C(=O)c3noc(C)c3COc3ccccc3)CC2)cc1. The predicted octanol–water partition coefficient (Wildman–Crippen LogP) is 3.02. The zero-order valence-corrected chi connectivity index (χ0v) is 18.8. The Kier molecular flexibility index (Phi) is 6.29. The van der Waals surface area contributed by atoms with Gasteiger partial charge in [0.2, 0.25) is 10.0 Å². The summed E-state index contributed by atoms with van der Waals surface area (Å²) in [6.45, 7) is 4.78. The summed E-state index contributed by atoms with van der Waals surface area (Å²) in [7, 11) is -3.59. The lowest BCUT2D eigenvalue weighted by molar-refractivity contribution is 0.0685. The lowest BCUT2D eigenvalue weighted by Gasteiger charge is -2.33. The van der Waals surface area contributed by atoms with Gasteiger partial charge in [-0.1, -0.05) is 41.1 Å². The maximum atomic E-state index is 13.1. The first kappa shape index (κ1) is 22.0. The number of para-hydroxylation sites is 1. The van der Waals surface area contributed by atoms with E-state index in [-0.39, 0.29) is 49.3 Å². The molecule has 0 spiro atoms. The fourth-order valence-corrected chi connectivity index (χ4v) is 4.96. The minimum absolute atomic E-state index is 0.155. The van der Waals surface area contributed by atoms with Crippen LogP contribution in [0.5, 0.6) is 5.75 Å². The molecule has 32 heavy (non-hydrogen) atoms. The van der Waals surface area contributed by atoms with E-state index in [0.717, 1.165) is 5.56 Å². The zero-order chi connectivity index (χ0) is 22.7. The highest BCUT2D eigenvalue weighted by atomic mass is 32.2. The molecule has 168 valence electrons. The molecule has 1 saturated heterocycles. The summed E-state index contributed by atoms with van der Waals surface area (Å²) in [5.74, 6) is 0.909. The van der Waals surface area contributed by atoms with Gasteiger partial charge in [-0.3, -0.25) is 4.79 Å². The highest BCUT2D eigenvalue weighted by Crippen LogP contribution is 2.22. The number of sulfonamides is 1. The zero-order valence-electron chi connectivity index (χ0n) is 18.0. The predicted molar refractivity (Wildman–Crippen MR) is 118 cm³/mol. The molecule has 1 amide bonds. The van der Waals surface area contributed by atoms with Crippen LogP contribution in [0.3, 0.4) is 0 Å². The number of nitrogens with zero attached hydrogens (tertiary/aromatic N) is 3. The van der Waals surface area contributed by atoms with E-state index in [1.54, 1.807) is 36.1 Å². The summed E-state index contributed by atoms with van der Waals surface area (Å²) >= 11 is 0. The van der Waals surface area contributed by atoms with Crippen molar-refractivity contribution in [1.82, 2.24) is 14.4 Å². The number of rotatable bonds is 6. The van der Waals surface area contributed by atoms with Gasteiger partial charge >= 0.3 is 0 Å². The molecule has 9 heteroatoms. The van der Waals surface area contributed by atoms with Crippen LogP contribution in [0, 0.1) is 13.8 Å². The van der Waals surface area contributed by atoms with Crippen molar-refractivity contribution in [2.24, 2.45) is 0 Å². The Morgan fingerprint density at radius 3 is 2.31 bits per heavy atom. The third-order valence-corrected chi connectivity index (χ3v) is 7.41. The van der Waals surface area contributed by atoms with Crippen LogP contribution in [0.4, 0.5) is 0 Å². The van der Waals surface area contributed by atoms with E-state index in [0.29, 0.717) is 17.1 Å². The Hall–Kier alpha value is -3.17. The first-order valence-electron chi connectivity index (χ1n) is 10.4. The minimum atomic E-state index is -3.59. The fraction of sp³-hybridized carbons (Fsp3) is 0.304. The van der Waals surface area contributed by atoms with Crippen molar-refractivity contribution in [1.29, 1.82) is 0 Å². The first-order valence-corrected chi connectivity index (χ1v) is 11.8. The van der Waals surface area contributed by atoms with Gasteiger partial charge in [-0.15, -0.1) is 0 Å².